The minimum Gasteiger partial charge on any atom is -0.494 e. The molecule has 1 unspecified atom stereocenters. The average molecular weight is 461 g/mol. The normalized spacial score (nSPS) is 19.2. The van der Waals surface area contributed by atoms with Crippen molar-refractivity contribution in [2.45, 2.75) is 57.7 Å². The van der Waals surface area contributed by atoms with Gasteiger partial charge in [0.15, 0.2) is 5.82 Å². The maximum Gasteiger partial charge on any atom is 0.173 e. The van der Waals surface area contributed by atoms with Gasteiger partial charge in [0.2, 0.25) is 0 Å². The van der Waals surface area contributed by atoms with Crippen molar-refractivity contribution in [3.8, 4) is 5.75 Å². The Labute approximate surface area is 202 Å². The number of piperazine rings is 1. The van der Waals surface area contributed by atoms with Gasteiger partial charge in [0.25, 0.3) is 0 Å². The first-order chi connectivity index (χ1) is 16.8. The molecule has 7 heteroatoms. The van der Waals surface area contributed by atoms with Crippen molar-refractivity contribution in [2.75, 3.05) is 32.8 Å². The molecule has 1 saturated heterocycles. The molecule has 0 spiro atoms. The lowest BCUT2D eigenvalue weighted by Gasteiger charge is -2.43. The Balaban J connectivity index is 1.39. The van der Waals surface area contributed by atoms with Crippen LogP contribution in [0.1, 0.15) is 62.0 Å². The predicted molar refractivity (Wildman–Crippen MR) is 133 cm³/mol. The number of rotatable bonds is 8. The van der Waals surface area contributed by atoms with Gasteiger partial charge in [0.1, 0.15) is 5.75 Å². The summed E-state index contributed by atoms with van der Waals surface area (Å²) in [5.41, 5.74) is 2.40. The highest BCUT2D eigenvalue weighted by Gasteiger charge is 2.32. The maximum absolute atomic E-state index is 5.69. The molecule has 1 aliphatic heterocycles. The van der Waals surface area contributed by atoms with Crippen LogP contribution in [0.5, 0.6) is 5.75 Å². The second-order valence-electron chi connectivity index (χ2n) is 9.45. The van der Waals surface area contributed by atoms with Gasteiger partial charge < -0.3 is 4.74 Å². The fourth-order valence-electron chi connectivity index (χ4n) is 5.52. The van der Waals surface area contributed by atoms with E-state index in [1.54, 1.807) is 0 Å². The largest absolute Gasteiger partial charge is 0.494 e. The molecule has 2 aliphatic rings. The standard InChI is InChI=1S/C27H36N6O/c1-2-34-25-15-13-23(14-16-25)26(27-28-29-30-33(27)21-22-9-5-3-6-10-22)32-19-17-31(18-20-32)24-11-7-4-8-12-24/h3,5-6,9-10,13-16,24,26H,2,4,7-8,11-12,17-21H2,1H3. The lowest BCUT2D eigenvalue weighted by molar-refractivity contribution is 0.0620. The van der Waals surface area contributed by atoms with E-state index < -0.39 is 0 Å². The summed E-state index contributed by atoms with van der Waals surface area (Å²) in [6, 6.07) is 19.7. The van der Waals surface area contributed by atoms with Crippen LogP contribution in [0.3, 0.4) is 0 Å². The Morgan fingerprint density at radius 3 is 2.35 bits per heavy atom. The van der Waals surface area contributed by atoms with E-state index in [9.17, 15) is 0 Å². The van der Waals surface area contributed by atoms with Crippen LogP contribution in [0.25, 0.3) is 0 Å². The fourth-order valence-corrected chi connectivity index (χ4v) is 5.52. The van der Waals surface area contributed by atoms with Gasteiger partial charge in [-0.1, -0.05) is 61.7 Å². The third-order valence-electron chi connectivity index (χ3n) is 7.29. The Hall–Kier alpha value is -2.77. The summed E-state index contributed by atoms with van der Waals surface area (Å²) in [5.74, 6) is 1.80. The minimum atomic E-state index is 0.0166. The summed E-state index contributed by atoms with van der Waals surface area (Å²) in [6.07, 6.45) is 6.89. The van der Waals surface area contributed by atoms with Gasteiger partial charge in [0, 0.05) is 32.2 Å². The molecule has 34 heavy (non-hydrogen) atoms. The van der Waals surface area contributed by atoms with Gasteiger partial charge >= 0.3 is 0 Å². The third-order valence-corrected chi connectivity index (χ3v) is 7.29. The zero-order valence-electron chi connectivity index (χ0n) is 20.2. The lowest BCUT2D eigenvalue weighted by Crippen LogP contribution is -2.52. The number of ether oxygens (including phenoxy) is 1. The molecule has 1 saturated carbocycles. The summed E-state index contributed by atoms with van der Waals surface area (Å²) in [7, 11) is 0. The molecule has 7 nitrogen and oxygen atoms in total. The first-order valence-electron chi connectivity index (χ1n) is 12.8. The van der Waals surface area contributed by atoms with Gasteiger partial charge in [-0.2, -0.15) is 0 Å². The van der Waals surface area contributed by atoms with E-state index >= 15 is 0 Å². The molecule has 1 atom stereocenters. The van der Waals surface area contributed by atoms with Crippen molar-refractivity contribution in [1.29, 1.82) is 0 Å². The van der Waals surface area contributed by atoms with E-state index in [2.05, 4.69) is 73.9 Å². The lowest BCUT2D eigenvalue weighted by atomic mass is 9.93. The summed E-state index contributed by atoms with van der Waals surface area (Å²) >= 11 is 0. The zero-order chi connectivity index (χ0) is 23.2. The summed E-state index contributed by atoms with van der Waals surface area (Å²) in [5, 5.41) is 13.0. The highest BCUT2D eigenvalue weighted by atomic mass is 16.5. The fraction of sp³-hybridized carbons (Fsp3) is 0.519. The number of nitrogens with zero attached hydrogens (tertiary/aromatic N) is 6. The van der Waals surface area contributed by atoms with E-state index in [0.29, 0.717) is 13.2 Å². The molecule has 0 radical (unpaired) electrons. The Morgan fingerprint density at radius 2 is 1.65 bits per heavy atom. The number of hydrogen-bond acceptors (Lipinski definition) is 6. The Bertz CT molecular complexity index is 1010. The van der Waals surface area contributed by atoms with Crippen molar-refractivity contribution in [3.63, 3.8) is 0 Å². The molecule has 180 valence electrons. The summed E-state index contributed by atoms with van der Waals surface area (Å²) in [4.78, 5) is 5.28. The molecule has 2 fully saturated rings. The molecule has 0 amide bonds. The quantitative estimate of drug-likeness (QED) is 0.503. The Kier molecular flexibility index (Phi) is 7.51. The highest BCUT2D eigenvalue weighted by Crippen LogP contribution is 2.31. The molecule has 0 bridgehead atoms. The molecule has 5 rings (SSSR count). The molecule has 0 N–H and O–H groups in total. The molecular weight excluding hydrogens is 424 g/mol. The van der Waals surface area contributed by atoms with Gasteiger partial charge in [-0.3, -0.25) is 9.80 Å². The van der Waals surface area contributed by atoms with E-state index in [0.717, 1.165) is 43.8 Å². The zero-order valence-corrected chi connectivity index (χ0v) is 20.2. The summed E-state index contributed by atoms with van der Waals surface area (Å²) in [6.45, 7) is 7.61. The van der Waals surface area contributed by atoms with Gasteiger partial charge in [0.05, 0.1) is 19.2 Å². The first-order valence-corrected chi connectivity index (χ1v) is 12.8. The van der Waals surface area contributed by atoms with E-state index in [-0.39, 0.29) is 6.04 Å². The first kappa shape index (κ1) is 23.0. The highest BCUT2D eigenvalue weighted by molar-refractivity contribution is 5.32. The van der Waals surface area contributed by atoms with Crippen LogP contribution in [-0.2, 0) is 6.54 Å². The summed E-state index contributed by atoms with van der Waals surface area (Å²) < 4.78 is 7.66. The average Bonchev–Trinajstić information content (AvgIpc) is 3.34. The molecular formula is C27H36N6O. The smallest absolute Gasteiger partial charge is 0.173 e. The van der Waals surface area contributed by atoms with Crippen LogP contribution in [0.15, 0.2) is 54.6 Å². The van der Waals surface area contributed by atoms with Crippen LogP contribution in [0, 0.1) is 0 Å². The molecule has 1 aliphatic carbocycles. The van der Waals surface area contributed by atoms with Crippen LogP contribution in [0.4, 0.5) is 0 Å². The second kappa shape index (κ2) is 11.1. The van der Waals surface area contributed by atoms with Crippen LogP contribution in [0.2, 0.25) is 0 Å². The van der Waals surface area contributed by atoms with Gasteiger partial charge in [-0.05, 0) is 53.5 Å². The maximum atomic E-state index is 5.69. The SMILES string of the molecule is CCOc1ccc(C(c2nnnn2Cc2ccccc2)N2CCN(C3CCCCC3)CC2)cc1. The van der Waals surface area contributed by atoms with Crippen LogP contribution in [-0.4, -0.2) is 68.8 Å². The van der Waals surface area contributed by atoms with E-state index in [1.165, 1.54) is 43.2 Å². The topological polar surface area (TPSA) is 59.3 Å². The minimum absolute atomic E-state index is 0.0166. The predicted octanol–water partition coefficient (Wildman–Crippen LogP) is 4.16. The van der Waals surface area contributed by atoms with E-state index in [1.807, 2.05) is 17.7 Å². The molecule has 1 aromatic heterocycles. The number of hydrogen-bond donors (Lipinski definition) is 0. The van der Waals surface area contributed by atoms with Crippen molar-refractivity contribution in [3.05, 3.63) is 71.5 Å². The third kappa shape index (κ3) is 5.31. The van der Waals surface area contributed by atoms with E-state index in [4.69, 9.17) is 4.74 Å². The van der Waals surface area contributed by atoms with Gasteiger partial charge in [-0.25, -0.2) is 4.68 Å². The molecule has 2 heterocycles. The number of benzene rings is 2. The van der Waals surface area contributed by atoms with Crippen LogP contribution >= 0.6 is 0 Å². The molecule has 3 aromatic rings. The van der Waals surface area contributed by atoms with Crippen molar-refractivity contribution in [1.82, 2.24) is 30.0 Å². The monoisotopic (exact) mass is 460 g/mol. The number of aromatic nitrogens is 4. The molecule has 2 aromatic carbocycles. The van der Waals surface area contributed by atoms with Crippen molar-refractivity contribution < 1.29 is 4.74 Å². The van der Waals surface area contributed by atoms with Crippen molar-refractivity contribution >= 4 is 0 Å². The second-order valence-corrected chi connectivity index (χ2v) is 9.45. The number of tetrazole rings is 1. The Morgan fingerprint density at radius 1 is 0.912 bits per heavy atom. The van der Waals surface area contributed by atoms with Crippen molar-refractivity contribution in [2.24, 2.45) is 0 Å². The van der Waals surface area contributed by atoms with Gasteiger partial charge in [-0.15, -0.1) is 5.10 Å². The van der Waals surface area contributed by atoms with Crippen LogP contribution < -0.4 is 4.74 Å².